The maximum Gasteiger partial charge on any atom is 0.267 e. The van der Waals surface area contributed by atoms with Crippen LogP contribution in [0.1, 0.15) is 6.92 Å². The molecule has 1 aliphatic rings. The second-order valence-corrected chi connectivity index (χ2v) is 5.01. The van der Waals surface area contributed by atoms with Crippen molar-refractivity contribution < 1.29 is 23.4 Å². The van der Waals surface area contributed by atoms with Crippen LogP contribution in [0.15, 0.2) is 0 Å². The summed E-state index contributed by atoms with van der Waals surface area (Å²) in [4.78, 5) is 14.1. The van der Waals surface area contributed by atoms with Crippen molar-refractivity contribution in [3.8, 4) is 0 Å². The SMILES string of the molecule is CCN1CC[NH+](C)C1.COP(=O)([O-])OC. The molecule has 15 heavy (non-hydrogen) atoms. The summed E-state index contributed by atoms with van der Waals surface area (Å²) in [6.07, 6.45) is 0. The van der Waals surface area contributed by atoms with Crippen LogP contribution in [0.5, 0.6) is 0 Å². The molecule has 0 saturated carbocycles. The first-order valence-electron chi connectivity index (χ1n) is 4.91. The minimum atomic E-state index is -3.90. The molecule has 0 aromatic heterocycles. The van der Waals surface area contributed by atoms with Crippen LogP contribution in [0.3, 0.4) is 0 Å². The number of nitrogens with zero attached hydrogens (tertiary/aromatic N) is 1. The van der Waals surface area contributed by atoms with Gasteiger partial charge in [0, 0.05) is 20.8 Å². The first-order valence-corrected chi connectivity index (χ1v) is 6.37. The number of quaternary nitrogens is 1. The standard InChI is InChI=1S/C6H14N2.C2H7O4P/c1-3-8-5-4-7(2)6-8;1-5-7(3,4)6-2/h3-6H2,1-2H3;1-2H3,(H,3,4). The molecular weight excluding hydrogens is 219 g/mol. The largest absolute Gasteiger partial charge is 0.756 e. The predicted octanol–water partition coefficient (Wildman–Crippen LogP) is -1.46. The lowest BCUT2D eigenvalue weighted by Gasteiger charge is -2.16. The molecule has 0 bridgehead atoms. The van der Waals surface area contributed by atoms with Crippen LogP contribution in [-0.2, 0) is 13.6 Å². The first kappa shape index (κ1) is 15.0. The summed E-state index contributed by atoms with van der Waals surface area (Å²) in [7, 11) is 0.419. The fourth-order valence-corrected chi connectivity index (χ4v) is 1.38. The second-order valence-electron chi connectivity index (χ2n) is 3.39. The quantitative estimate of drug-likeness (QED) is 0.611. The van der Waals surface area contributed by atoms with Gasteiger partial charge in [0.1, 0.15) is 6.67 Å². The van der Waals surface area contributed by atoms with Gasteiger partial charge in [0.25, 0.3) is 7.82 Å². The highest BCUT2D eigenvalue weighted by Crippen LogP contribution is 2.34. The zero-order valence-corrected chi connectivity index (χ0v) is 10.8. The van der Waals surface area contributed by atoms with E-state index >= 15 is 0 Å². The van der Waals surface area contributed by atoms with E-state index in [1.54, 1.807) is 4.90 Å². The number of rotatable bonds is 3. The highest BCUT2D eigenvalue weighted by molar-refractivity contribution is 7.45. The van der Waals surface area contributed by atoms with E-state index in [9.17, 15) is 9.46 Å². The lowest BCUT2D eigenvalue weighted by molar-refractivity contribution is -0.870. The van der Waals surface area contributed by atoms with E-state index in [4.69, 9.17) is 0 Å². The van der Waals surface area contributed by atoms with Crippen LogP contribution in [0.4, 0.5) is 0 Å². The third-order valence-corrected chi connectivity index (χ3v) is 3.14. The number of nitrogens with one attached hydrogen (secondary N) is 1. The Balaban J connectivity index is 0.000000265. The Kier molecular flexibility index (Phi) is 7.34. The van der Waals surface area contributed by atoms with Crippen LogP contribution in [0.2, 0.25) is 0 Å². The van der Waals surface area contributed by atoms with E-state index in [0.29, 0.717) is 0 Å². The first-order chi connectivity index (χ1) is 6.95. The van der Waals surface area contributed by atoms with Gasteiger partial charge in [-0.3, -0.25) is 9.46 Å². The van der Waals surface area contributed by atoms with Crippen LogP contribution < -0.4 is 9.79 Å². The topological polar surface area (TPSA) is 66.3 Å². The number of likely N-dealkylation sites (N-methyl/N-ethyl adjacent to an activating group) is 2. The van der Waals surface area contributed by atoms with Crippen LogP contribution in [-0.4, -0.2) is 52.5 Å². The van der Waals surface area contributed by atoms with E-state index in [1.165, 1.54) is 26.3 Å². The lowest BCUT2D eigenvalue weighted by atomic mass is 10.6. The fourth-order valence-electron chi connectivity index (χ4n) is 1.23. The summed E-state index contributed by atoms with van der Waals surface area (Å²) < 4.78 is 17.7. The molecule has 7 heteroatoms. The van der Waals surface area contributed by atoms with E-state index < -0.39 is 7.82 Å². The average molecular weight is 240 g/mol. The summed E-state index contributed by atoms with van der Waals surface area (Å²) in [5.74, 6) is 0. The number of hydrogen-bond acceptors (Lipinski definition) is 5. The smallest absolute Gasteiger partial charge is 0.267 e. The van der Waals surface area contributed by atoms with E-state index in [2.05, 4.69) is 27.9 Å². The summed E-state index contributed by atoms with van der Waals surface area (Å²) in [5, 5.41) is 0. The molecule has 0 radical (unpaired) electrons. The fraction of sp³-hybridized carbons (Fsp3) is 1.00. The minimum Gasteiger partial charge on any atom is -0.756 e. The van der Waals surface area contributed by atoms with Crippen molar-refractivity contribution in [1.29, 1.82) is 0 Å². The molecule has 0 spiro atoms. The molecule has 0 amide bonds. The van der Waals surface area contributed by atoms with Crippen molar-refractivity contribution >= 4 is 7.82 Å². The average Bonchev–Trinajstić information content (AvgIpc) is 2.65. The molecule has 0 aromatic carbocycles. The van der Waals surface area contributed by atoms with Gasteiger partial charge < -0.3 is 18.8 Å². The molecule has 6 nitrogen and oxygen atoms in total. The molecule has 1 aliphatic heterocycles. The molecule has 1 unspecified atom stereocenters. The van der Waals surface area contributed by atoms with Gasteiger partial charge in [0.05, 0.1) is 20.1 Å². The molecule has 1 atom stereocenters. The van der Waals surface area contributed by atoms with Gasteiger partial charge in [-0.1, -0.05) is 6.92 Å². The van der Waals surface area contributed by atoms with Crippen LogP contribution >= 0.6 is 7.82 Å². The predicted molar refractivity (Wildman–Crippen MR) is 55.5 cm³/mol. The van der Waals surface area contributed by atoms with Crippen molar-refractivity contribution in [3.05, 3.63) is 0 Å². The molecule has 0 aromatic rings. The Hall–Kier alpha value is 0.0300. The van der Waals surface area contributed by atoms with E-state index in [-0.39, 0.29) is 0 Å². The Morgan fingerprint density at radius 3 is 2.13 bits per heavy atom. The molecule has 1 rings (SSSR count). The lowest BCUT2D eigenvalue weighted by Crippen LogP contribution is -3.07. The highest BCUT2D eigenvalue weighted by Gasteiger charge is 2.16. The van der Waals surface area contributed by atoms with Gasteiger partial charge >= 0.3 is 0 Å². The van der Waals surface area contributed by atoms with Crippen molar-refractivity contribution in [2.75, 3.05) is 47.6 Å². The number of phosphoric acid groups is 1. The maximum atomic E-state index is 9.95. The molecule has 1 heterocycles. The summed E-state index contributed by atoms with van der Waals surface area (Å²) >= 11 is 0. The Bertz CT molecular complexity index is 207. The summed E-state index contributed by atoms with van der Waals surface area (Å²) in [6.45, 7) is 7.31. The van der Waals surface area contributed by atoms with Gasteiger partial charge in [0.2, 0.25) is 0 Å². The van der Waals surface area contributed by atoms with E-state index in [0.717, 1.165) is 14.2 Å². The van der Waals surface area contributed by atoms with Gasteiger partial charge in [0.15, 0.2) is 0 Å². The summed E-state index contributed by atoms with van der Waals surface area (Å²) in [6, 6.07) is 0. The van der Waals surface area contributed by atoms with Crippen molar-refractivity contribution in [2.45, 2.75) is 6.92 Å². The molecule has 1 fully saturated rings. The molecular formula is C8H21N2O4P. The van der Waals surface area contributed by atoms with Crippen molar-refractivity contribution in [2.24, 2.45) is 0 Å². The number of hydrogen-bond donors (Lipinski definition) is 1. The van der Waals surface area contributed by atoms with Gasteiger partial charge in [-0.25, -0.2) is 0 Å². The second kappa shape index (κ2) is 7.33. The zero-order valence-electron chi connectivity index (χ0n) is 9.86. The summed E-state index contributed by atoms with van der Waals surface area (Å²) in [5.41, 5.74) is 0. The normalized spacial score (nSPS) is 22.3. The van der Waals surface area contributed by atoms with Gasteiger partial charge in [-0.15, -0.1) is 0 Å². The van der Waals surface area contributed by atoms with E-state index in [1.807, 2.05) is 0 Å². The monoisotopic (exact) mass is 240 g/mol. The van der Waals surface area contributed by atoms with Crippen molar-refractivity contribution in [3.63, 3.8) is 0 Å². The molecule has 0 aliphatic carbocycles. The third-order valence-electron chi connectivity index (χ3n) is 2.24. The number of phosphoric ester groups is 1. The van der Waals surface area contributed by atoms with Crippen LogP contribution in [0, 0.1) is 0 Å². The third kappa shape index (κ3) is 7.00. The highest BCUT2D eigenvalue weighted by atomic mass is 31.2. The Labute approximate surface area is 91.4 Å². The zero-order chi connectivity index (χ0) is 11.9. The molecule has 1 N–H and O–H groups in total. The molecule has 1 saturated heterocycles. The Morgan fingerprint density at radius 2 is 2.00 bits per heavy atom. The Morgan fingerprint density at radius 1 is 1.47 bits per heavy atom. The maximum absolute atomic E-state index is 9.95. The van der Waals surface area contributed by atoms with Gasteiger partial charge in [-0.2, -0.15) is 0 Å². The van der Waals surface area contributed by atoms with Gasteiger partial charge in [-0.05, 0) is 0 Å². The molecule has 92 valence electrons. The van der Waals surface area contributed by atoms with Crippen LogP contribution in [0.25, 0.3) is 0 Å². The minimum absolute atomic E-state index is 1.04. The van der Waals surface area contributed by atoms with Crippen molar-refractivity contribution in [1.82, 2.24) is 4.90 Å².